The van der Waals surface area contributed by atoms with Gasteiger partial charge in [-0.3, -0.25) is 43.2 Å². The Morgan fingerprint density at radius 1 is 0.403 bits per heavy atom. The van der Waals surface area contributed by atoms with Gasteiger partial charge in [-0.15, -0.1) is 0 Å². The first-order valence-corrected chi connectivity index (χ1v) is 24.7. The number of aromatic amines is 4. The first-order chi connectivity index (χ1) is 36.9. The lowest BCUT2D eigenvalue weighted by Crippen LogP contribution is -2.61. The number of carboxylic acids is 3. The number of rotatable bonds is 37. The number of hydrogen-bond acceptors (Lipinski definition) is 17. The smallest absolute Gasteiger partial charge is 0.326 e. The molecule has 0 aliphatic heterocycles. The van der Waals surface area contributed by atoms with Crippen LogP contribution in [0, 0.1) is 0 Å². The van der Waals surface area contributed by atoms with Crippen molar-refractivity contribution in [3.8, 4) is 0 Å². The molecule has 0 spiro atoms. The zero-order chi connectivity index (χ0) is 56.3. The molecule has 8 atom stereocenters. The first-order valence-electron chi connectivity index (χ1n) is 24.7. The van der Waals surface area contributed by atoms with E-state index in [1.807, 2.05) is 0 Å². The summed E-state index contributed by atoms with van der Waals surface area (Å²) < 4.78 is 0. The summed E-state index contributed by atoms with van der Waals surface area (Å²) in [6.45, 7) is 0.516. The number of nitrogens with zero attached hydrogens (tertiary/aromatic N) is 4. The minimum absolute atomic E-state index is 0.0264. The Balaban J connectivity index is 1.59. The molecule has 4 aromatic rings. The van der Waals surface area contributed by atoms with Crippen molar-refractivity contribution < 1.29 is 63.3 Å². The Kier molecular flexibility index (Phi) is 25.3. The van der Waals surface area contributed by atoms with E-state index in [-0.39, 0.29) is 51.5 Å². The minimum Gasteiger partial charge on any atom is -0.481 e. The summed E-state index contributed by atoms with van der Waals surface area (Å²) in [5.74, 6) is -10.6. The van der Waals surface area contributed by atoms with Gasteiger partial charge >= 0.3 is 17.9 Å². The predicted octanol–water partition coefficient (Wildman–Crippen LogP) is -4.36. The lowest BCUT2D eigenvalue weighted by molar-refractivity contribution is -0.142. The molecule has 31 nitrogen and oxygen atoms in total. The average molecular weight is 1080 g/mol. The Labute approximate surface area is 440 Å². The maximum absolute atomic E-state index is 14.4. The third-order valence-corrected chi connectivity index (χ3v) is 11.9. The van der Waals surface area contributed by atoms with E-state index in [9.17, 15) is 63.3 Å². The molecule has 0 unspecified atom stereocenters. The van der Waals surface area contributed by atoms with E-state index < -0.39 is 133 Å². The number of carbonyl (C=O) groups is 10. The van der Waals surface area contributed by atoms with Crippen LogP contribution >= 0.6 is 0 Å². The highest BCUT2D eigenvalue weighted by molar-refractivity contribution is 5.98. The number of nitrogens with one attached hydrogen (secondary N) is 11. The van der Waals surface area contributed by atoms with Crippen molar-refractivity contribution in [3.05, 3.63) is 72.9 Å². The second-order valence-electron chi connectivity index (χ2n) is 17.9. The number of unbranched alkanes of at least 4 members (excludes halogenated alkanes) is 2. The average Bonchev–Trinajstić information content (AvgIpc) is 4.26. The number of imidazole rings is 4. The number of amides is 7. The number of hydrogen-bond donors (Lipinski definition) is 17. The van der Waals surface area contributed by atoms with Crippen molar-refractivity contribution in [2.75, 3.05) is 13.1 Å². The predicted molar refractivity (Wildman–Crippen MR) is 268 cm³/mol. The largest absolute Gasteiger partial charge is 0.481 e. The van der Waals surface area contributed by atoms with Gasteiger partial charge in [0.1, 0.15) is 42.3 Å². The normalized spacial score (nSPS) is 14.2. The number of aliphatic carboxylic acids is 3. The molecule has 0 saturated heterocycles. The van der Waals surface area contributed by atoms with Crippen LogP contribution in [-0.2, 0) is 73.6 Å². The monoisotopic (exact) mass is 1080 g/mol. The Morgan fingerprint density at radius 3 is 1.00 bits per heavy atom. The van der Waals surface area contributed by atoms with Crippen LogP contribution < -0.4 is 54.4 Å². The fourth-order valence-corrected chi connectivity index (χ4v) is 7.70. The topological polar surface area (TPSA) is 508 Å². The number of nitrogens with two attached hydrogens (primary N) is 3. The molecule has 77 heavy (non-hydrogen) atoms. The number of aromatic nitrogens is 8. The molecule has 0 aliphatic rings. The number of carbonyl (C=O) groups excluding carboxylic acids is 7. The van der Waals surface area contributed by atoms with Crippen LogP contribution in [0.1, 0.15) is 87.0 Å². The summed E-state index contributed by atoms with van der Waals surface area (Å²) in [6, 6.07) is -11.7. The lowest BCUT2D eigenvalue weighted by atomic mass is 10.0. The van der Waals surface area contributed by atoms with Gasteiger partial charge in [-0.05, 0) is 64.5 Å². The molecule has 7 amide bonds. The maximum Gasteiger partial charge on any atom is 0.326 e. The fourth-order valence-electron chi connectivity index (χ4n) is 7.70. The van der Waals surface area contributed by atoms with Crippen LogP contribution in [0.15, 0.2) is 50.1 Å². The molecule has 4 heterocycles. The van der Waals surface area contributed by atoms with Gasteiger partial charge < -0.3 is 89.7 Å². The molecule has 4 aromatic heterocycles. The highest BCUT2D eigenvalue weighted by Gasteiger charge is 2.35. The summed E-state index contributed by atoms with van der Waals surface area (Å²) in [7, 11) is 0. The van der Waals surface area contributed by atoms with Crippen LogP contribution in [0.5, 0.6) is 0 Å². The van der Waals surface area contributed by atoms with Gasteiger partial charge in [0, 0.05) is 86.1 Å². The number of carboxylic acid groups (broad SMARTS) is 3. The van der Waals surface area contributed by atoms with E-state index in [1.54, 1.807) is 0 Å². The molecular weight excluding hydrogens is 1010 g/mol. The molecule has 0 aromatic carbocycles. The van der Waals surface area contributed by atoms with E-state index in [0.717, 1.165) is 0 Å². The standard InChI is InChI=1S/C46H68N18O13/c47-11-3-1-5-30(40(70)62-36(16-28-20-53-24-57-28)45(75)61-33(46(76)77)6-2-4-12-48)59-43(73)34(14-26-18-51-22-55-26)64-42(72)32(8-10-38(67)68)60-44(74)35(15-27-19-52-23-56-27)63-41(71)31(7-9-37(65)66)58-39(69)29(49)13-25-17-50-21-54-25/h17-24,29-36H,1-16,47-49H2,(H,50,54)(H,51,55)(H,52,56)(H,53,57)(H,58,69)(H,59,73)(H,60,74)(H,61,75)(H,62,70)(H,63,71)(H,64,72)(H,65,66)(H,67,68)(H,76,77)/t29-,30-,31-,32-,33-,34-,35-,36-/m0/s1. The minimum atomic E-state index is -1.71. The van der Waals surface area contributed by atoms with Crippen molar-refractivity contribution in [2.45, 2.75) is 138 Å². The highest BCUT2D eigenvalue weighted by Crippen LogP contribution is 2.11. The van der Waals surface area contributed by atoms with E-state index in [0.29, 0.717) is 48.6 Å². The van der Waals surface area contributed by atoms with Crippen molar-refractivity contribution in [1.82, 2.24) is 77.1 Å². The molecule has 4 rings (SSSR count). The van der Waals surface area contributed by atoms with Crippen LogP contribution in [0.4, 0.5) is 0 Å². The van der Waals surface area contributed by atoms with Crippen LogP contribution in [0.25, 0.3) is 0 Å². The van der Waals surface area contributed by atoms with Gasteiger partial charge in [0.05, 0.1) is 31.4 Å². The van der Waals surface area contributed by atoms with Crippen molar-refractivity contribution >= 4 is 59.3 Å². The van der Waals surface area contributed by atoms with Gasteiger partial charge in [-0.25, -0.2) is 24.7 Å². The zero-order valence-corrected chi connectivity index (χ0v) is 42.0. The van der Waals surface area contributed by atoms with Gasteiger partial charge in [-0.2, -0.15) is 0 Å². The SMILES string of the molecule is NCCCC[C@H](NC(=O)[C@H](Cc1cnc[nH]1)NC(=O)[C@H](CCCCN)NC(=O)[C@H](Cc1cnc[nH]1)NC(=O)[C@H](CCC(=O)O)NC(=O)[C@H](Cc1cnc[nH]1)NC(=O)[C@H](CCC(=O)O)NC(=O)[C@@H](N)Cc1cnc[nH]1)C(=O)O. The second kappa shape index (κ2) is 32.0. The van der Waals surface area contributed by atoms with E-state index in [2.05, 4.69) is 77.1 Å². The Hall–Kier alpha value is -8.58. The molecule has 0 bridgehead atoms. The molecular formula is C46H68N18O13. The molecule has 31 heteroatoms. The maximum atomic E-state index is 14.4. The van der Waals surface area contributed by atoms with Gasteiger partial charge in [0.2, 0.25) is 41.4 Å². The summed E-state index contributed by atoms with van der Waals surface area (Å²) in [5.41, 5.74) is 18.9. The van der Waals surface area contributed by atoms with Crippen molar-refractivity contribution in [2.24, 2.45) is 17.2 Å². The van der Waals surface area contributed by atoms with Crippen LogP contribution in [0.2, 0.25) is 0 Å². The highest BCUT2D eigenvalue weighted by atomic mass is 16.4. The molecule has 0 saturated carbocycles. The fraction of sp³-hybridized carbons (Fsp3) is 0.522. The summed E-state index contributed by atoms with van der Waals surface area (Å²) >= 11 is 0. The quantitative estimate of drug-likeness (QED) is 0.0190. The summed E-state index contributed by atoms with van der Waals surface area (Å²) in [6.07, 6.45) is 9.31. The summed E-state index contributed by atoms with van der Waals surface area (Å²) in [4.78, 5) is 161. The number of H-pyrrole nitrogens is 4. The van der Waals surface area contributed by atoms with E-state index in [1.165, 1.54) is 50.1 Å². The van der Waals surface area contributed by atoms with Gasteiger partial charge in [-0.1, -0.05) is 0 Å². The molecule has 420 valence electrons. The first kappa shape index (κ1) is 61.0. The van der Waals surface area contributed by atoms with Crippen LogP contribution in [0.3, 0.4) is 0 Å². The van der Waals surface area contributed by atoms with E-state index in [4.69, 9.17) is 17.2 Å². The summed E-state index contributed by atoms with van der Waals surface area (Å²) in [5, 5.41) is 46.6. The molecule has 0 radical (unpaired) electrons. The Morgan fingerprint density at radius 2 is 0.688 bits per heavy atom. The third kappa shape index (κ3) is 21.7. The molecule has 0 aliphatic carbocycles. The van der Waals surface area contributed by atoms with Crippen molar-refractivity contribution in [3.63, 3.8) is 0 Å². The van der Waals surface area contributed by atoms with Crippen LogP contribution in [-0.4, -0.2) is 176 Å². The Bertz CT molecular complexity index is 2510. The third-order valence-electron chi connectivity index (χ3n) is 11.9. The molecule has 20 N–H and O–H groups in total. The van der Waals surface area contributed by atoms with Gasteiger partial charge in [0.25, 0.3) is 0 Å². The lowest BCUT2D eigenvalue weighted by Gasteiger charge is -2.28. The second-order valence-corrected chi connectivity index (χ2v) is 17.9. The van der Waals surface area contributed by atoms with Crippen molar-refractivity contribution in [1.29, 1.82) is 0 Å². The zero-order valence-electron chi connectivity index (χ0n) is 42.0. The van der Waals surface area contributed by atoms with E-state index >= 15 is 0 Å². The van der Waals surface area contributed by atoms with Gasteiger partial charge in [0.15, 0.2) is 0 Å². The molecule has 0 fully saturated rings.